The van der Waals surface area contributed by atoms with E-state index in [1.807, 2.05) is 25.1 Å². The van der Waals surface area contributed by atoms with Crippen molar-refractivity contribution >= 4 is 23.4 Å². The van der Waals surface area contributed by atoms with Gasteiger partial charge < -0.3 is 10.4 Å². The topological polar surface area (TPSA) is 49.3 Å². The molecule has 0 heterocycles. The summed E-state index contributed by atoms with van der Waals surface area (Å²) in [7, 11) is 0. The van der Waals surface area contributed by atoms with Gasteiger partial charge in [-0.05, 0) is 36.6 Å². The van der Waals surface area contributed by atoms with Crippen LogP contribution in [0.25, 0.3) is 0 Å². The van der Waals surface area contributed by atoms with Crippen molar-refractivity contribution in [1.29, 1.82) is 0 Å². The van der Waals surface area contributed by atoms with Crippen molar-refractivity contribution in [3.05, 3.63) is 23.8 Å². The van der Waals surface area contributed by atoms with E-state index in [0.717, 1.165) is 35.1 Å². The number of hydrogen-bond donors (Lipinski definition) is 2. The van der Waals surface area contributed by atoms with Crippen LogP contribution in [0.4, 0.5) is 5.69 Å². The molecule has 1 fully saturated rings. The lowest BCUT2D eigenvalue weighted by Gasteiger charge is -2.29. The van der Waals surface area contributed by atoms with Crippen molar-refractivity contribution in [2.45, 2.75) is 50.5 Å². The highest BCUT2D eigenvalue weighted by atomic mass is 32.2. The van der Waals surface area contributed by atoms with E-state index in [9.17, 15) is 9.90 Å². The van der Waals surface area contributed by atoms with Crippen LogP contribution in [0.2, 0.25) is 0 Å². The van der Waals surface area contributed by atoms with Gasteiger partial charge in [0.2, 0.25) is 0 Å². The molecule has 4 heteroatoms. The molecule has 1 saturated carbocycles. The summed E-state index contributed by atoms with van der Waals surface area (Å²) < 4.78 is 0. The first-order valence-electron chi connectivity index (χ1n) is 7.37. The van der Waals surface area contributed by atoms with Crippen LogP contribution in [0.1, 0.15) is 49.9 Å². The summed E-state index contributed by atoms with van der Waals surface area (Å²) >= 11 is 1.59. The molecule has 1 aliphatic carbocycles. The van der Waals surface area contributed by atoms with Gasteiger partial charge in [0.1, 0.15) is 0 Å². The Hall–Kier alpha value is -1.16. The molecule has 0 saturated heterocycles. The Labute approximate surface area is 125 Å². The highest BCUT2D eigenvalue weighted by molar-refractivity contribution is 7.99. The first kappa shape index (κ1) is 15.2. The van der Waals surface area contributed by atoms with E-state index in [4.69, 9.17) is 0 Å². The van der Waals surface area contributed by atoms with E-state index < -0.39 is 5.97 Å². The summed E-state index contributed by atoms with van der Waals surface area (Å²) in [5.74, 6) is 0.764. The van der Waals surface area contributed by atoms with Gasteiger partial charge in [-0.15, -0.1) is 11.8 Å². The van der Waals surface area contributed by atoms with Gasteiger partial charge in [-0.2, -0.15) is 0 Å². The third kappa shape index (κ3) is 3.69. The van der Waals surface area contributed by atoms with Gasteiger partial charge in [0.25, 0.3) is 0 Å². The average molecular weight is 293 g/mol. The first-order valence-corrected chi connectivity index (χ1v) is 8.36. The van der Waals surface area contributed by atoms with E-state index in [0.29, 0.717) is 11.6 Å². The molecular weight excluding hydrogens is 270 g/mol. The third-order valence-corrected chi connectivity index (χ3v) is 4.78. The monoisotopic (exact) mass is 293 g/mol. The lowest BCUT2D eigenvalue weighted by Crippen LogP contribution is -2.27. The van der Waals surface area contributed by atoms with Gasteiger partial charge in [0.05, 0.1) is 11.3 Å². The average Bonchev–Trinajstić information content (AvgIpc) is 2.39. The van der Waals surface area contributed by atoms with E-state index in [1.165, 1.54) is 12.8 Å². The van der Waals surface area contributed by atoms with Gasteiger partial charge in [0, 0.05) is 10.9 Å². The molecule has 20 heavy (non-hydrogen) atoms. The number of carboxylic acid groups (broad SMARTS) is 1. The van der Waals surface area contributed by atoms with Crippen LogP contribution < -0.4 is 5.32 Å². The van der Waals surface area contributed by atoms with Crippen LogP contribution in [0.3, 0.4) is 0 Å². The SMILES string of the molecule is CCSc1cccc(NC2CCCC(C)C2)c1C(=O)O. The summed E-state index contributed by atoms with van der Waals surface area (Å²) in [6.45, 7) is 4.31. The molecular formula is C16H23NO2S. The van der Waals surface area contributed by atoms with Crippen LogP contribution in [0.15, 0.2) is 23.1 Å². The van der Waals surface area contributed by atoms with Crippen molar-refractivity contribution in [2.75, 3.05) is 11.1 Å². The zero-order valence-electron chi connectivity index (χ0n) is 12.2. The molecule has 1 aliphatic rings. The van der Waals surface area contributed by atoms with Gasteiger partial charge >= 0.3 is 5.97 Å². The van der Waals surface area contributed by atoms with Gasteiger partial charge in [-0.3, -0.25) is 0 Å². The fourth-order valence-electron chi connectivity index (χ4n) is 2.93. The smallest absolute Gasteiger partial charge is 0.338 e. The van der Waals surface area contributed by atoms with Crippen molar-refractivity contribution in [3.63, 3.8) is 0 Å². The Morgan fingerprint density at radius 1 is 1.45 bits per heavy atom. The van der Waals surface area contributed by atoms with Gasteiger partial charge in [0.15, 0.2) is 0 Å². The summed E-state index contributed by atoms with van der Waals surface area (Å²) in [4.78, 5) is 12.4. The lowest BCUT2D eigenvalue weighted by molar-refractivity contribution is 0.0694. The Morgan fingerprint density at radius 3 is 2.90 bits per heavy atom. The summed E-state index contributed by atoms with van der Waals surface area (Å²) in [6.07, 6.45) is 4.78. The highest BCUT2D eigenvalue weighted by Gasteiger charge is 2.22. The molecule has 2 atom stereocenters. The summed E-state index contributed by atoms with van der Waals surface area (Å²) in [6, 6.07) is 6.13. The predicted octanol–water partition coefficient (Wildman–Crippen LogP) is 4.49. The zero-order valence-corrected chi connectivity index (χ0v) is 13.0. The standard InChI is InChI=1S/C16H23NO2S/c1-3-20-14-9-5-8-13(15(14)16(18)19)17-12-7-4-6-11(2)10-12/h5,8-9,11-12,17H,3-4,6-7,10H2,1-2H3,(H,18,19). The number of hydrogen-bond acceptors (Lipinski definition) is 3. The minimum absolute atomic E-state index is 0.402. The highest BCUT2D eigenvalue weighted by Crippen LogP contribution is 2.32. The number of thioether (sulfide) groups is 1. The molecule has 0 amide bonds. The van der Waals surface area contributed by atoms with Gasteiger partial charge in [-0.25, -0.2) is 4.79 Å². The number of rotatable bonds is 5. The lowest BCUT2D eigenvalue weighted by atomic mass is 9.87. The quantitative estimate of drug-likeness (QED) is 0.785. The van der Waals surface area contributed by atoms with Crippen molar-refractivity contribution in [2.24, 2.45) is 5.92 Å². The second-order valence-corrected chi connectivity index (χ2v) is 6.84. The van der Waals surface area contributed by atoms with Gasteiger partial charge in [-0.1, -0.05) is 32.8 Å². The van der Waals surface area contributed by atoms with Crippen LogP contribution >= 0.6 is 11.8 Å². The fourth-order valence-corrected chi connectivity index (χ4v) is 3.76. The maximum Gasteiger partial charge on any atom is 0.338 e. The predicted molar refractivity (Wildman–Crippen MR) is 84.8 cm³/mol. The number of anilines is 1. The van der Waals surface area contributed by atoms with Crippen molar-refractivity contribution in [1.82, 2.24) is 0 Å². The molecule has 0 radical (unpaired) electrons. The van der Waals surface area contributed by atoms with Crippen LogP contribution in [-0.4, -0.2) is 22.9 Å². The summed E-state index contributed by atoms with van der Waals surface area (Å²) in [5, 5.41) is 13.0. The molecule has 2 rings (SSSR count). The second-order valence-electron chi connectivity index (χ2n) is 5.53. The van der Waals surface area contributed by atoms with E-state index in [2.05, 4.69) is 12.2 Å². The zero-order chi connectivity index (χ0) is 14.5. The molecule has 110 valence electrons. The van der Waals surface area contributed by atoms with Crippen molar-refractivity contribution in [3.8, 4) is 0 Å². The Morgan fingerprint density at radius 2 is 2.25 bits per heavy atom. The molecule has 2 N–H and O–H groups in total. The summed E-state index contributed by atoms with van der Waals surface area (Å²) in [5.41, 5.74) is 1.20. The van der Waals surface area contributed by atoms with Crippen LogP contribution in [-0.2, 0) is 0 Å². The maximum absolute atomic E-state index is 11.6. The first-order chi connectivity index (χ1) is 9.61. The second kappa shape index (κ2) is 7.02. The Balaban J connectivity index is 2.21. The number of carboxylic acids is 1. The van der Waals surface area contributed by atoms with Crippen LogP contribution in [0, 0.1) is 5.92 Å². The largest absolute Gasteiger partial charge is 0.478 e. The third-order valence-electron chi connectivity index (χ3n) is 3.84. The fraction of sp³-hybridized carbons (Fsp3) is 0.562. The molecule has 0 aromatic heterocycles. The molecule has 2 unspecified atom stereocenters. The molecule has 1 aromatic rings. The van der Waals surface area contributed by atoms with E-state index in [-0.39, 0.29) is 0 Å². The van der Waals surface area contributed by atoms with Crippen molar-refractivity contribution < 1.29 is 9.90 Å². The Kier molecular flexibility index (Phi) is 5.35. The number of aromatic carboxylic acids is 1. The number of benzene rings is 1. The molecule has 3 nitrogen and oxygen atoms in total. The minimum atomic E-state index is -0.840. The van der Waals surface area contributed by atoms with Crippen LogP contribution in [0.5, 0.6) is 0 Å². The molecule has 0 bridgehead atoms. The van der Waals surface area contributed by atoms with E-state index >= 15 is 0 Å². The molecule has 0 aliphatic heterocycles. The number of nitrogens with one attached hydrogen (secondary N) is 1. The number of carbonyl (C=O) groups is 1. The molecule has 1 aromatic carbocycles. The maximum atomic E-state index is 11.6. The van der Waals surface area contributed by atoms with E-state index in [1.54, 1.807) is 11.8 Å². The molecule has 0 spiro atoms. The normalized spacial score (nSPS) is 22.5. The Bertz CT molecular complexity index is 476. The minimum Gasteiger partial charge on any atom is -0.478 e.